The lowest BCUT2D eigenvalue weighted by Gasteiger charge is -2.54. The molecule has 5 aromatic rings. The summed E-state index contributed by atoms with van der Waals surface area (Å²) in [4.78, 5) is 40.9. The Morgan fingerprint density at radius 3 is 2.51 bits per heavy atom. The zero-order valence-electron chi connectivity index (χ0n) is 33.1. The number of nitrogens with one attached hydrogen (secondary N) is 2. The molecule has 1 spiro atoms. The fourth-order valence-electron chi connectivity index (χ4n) is 9.59. The van der Waals surface area contributed by atoms with E-state index in [1.165, 1.54) is 12.8 Å². The van der Waals surface area contributed by atoms with Gasteiger partial charge < -0.3 is 24.8 Å². The molecule has 10 rings (SSSR count). The van der Waals surface area contributed by atoms with Crippen molar-refractivity contribution in [3.05, 3.63) is 66.1 Å². The van der Waals surface area contributed by atoms with E-state index in [1.54, 1.807) is 17.5 Å². The fourth-order valence-corrected chi connectivity index (χ4v) is 10.5. The van der Waals surface area contributed by atoms with Crippen LogP contribution in [0.1, 0.15) is 68.4 Å². The second-order valence-electron chi connectivity index (χ2n) is 17.0. The normalized spacial score (nSPS) is 21.7. The summed E-state index contributed by atoms with van der Waals surface area (Å²) in [6.45, 7) is 8.95. The fraction of sp³-hybridized carbons (Fsp3) is 0.488. The third-order valence-electron chi connectivity index (χ3n) is 13.1. The average molecular weight is 813 g/mol. The number of nitrogens with zero attached hydrogens (tertiary/aromatic N) is 10. The van der Waals surface area contributed by atoms with Gasteiger partial charge in [0.05, 0.1) is 40.1 Å². The monoisotopic (exact) mass is 812 g/mol. The van der Waals surface area contributed by atoms with Crippen LogP contribution in [0, 0.1) is 22.7 Å². The lowest BCUT2D eigenvalue weighted by molar-refractivity contribution is -0.134. The predicted octanol–water partition coefficient (Wildman–Crippen LogP) is 5.11. The smallest absolute Gasteiger partial charge is 0.234 e. The first-order valence-electron chi connectivity index (χ1n) is 21.0. The average Bonchev–Trinajstić information content (AvgIpc) is 3.92. The molecule has 0 aromatic carbocycles. The van der Waals surface area contributed by atoms with E-state index in [4.69, 9.17) is 24.9 Å². The molecule has 0 aliphatic carbocycles. The molecule has 2 amide bonds. The lowest BCUT2D eigenvalue weighted by atomic mass is 9.72. The van der Waals surface area contributed by atoms with Crippen LogP contribution < -0.4 is 20.4 Å². The van der Waals surface area contributed by atoms with Crippen LogP contribution in [0.3, 0.4) is 0 Å². The summed E-state index contributed by atoms with van der Waals surface area (Å²) in [7, 11) is 0. The molecule has 2 N–H and O–H groups in total. The largest absolute Gasteiger partial charge is 0.381 e. The highest BCUT2D eigenvalue weighted by atomic mass is 32.1. The minimum Gasteiger partial charge on any atom is -0.381 e. The van der Waals surface area contributed by atoms with E-state index in [9.17, 15) is 14.9 Å². The van der Waals surface area contributed by atoms with Crippen LogP contribution in [0.2, 0.25) is 0 Å². The van der Waals surface area contributed by atoms with E-state index >= 15 is 0 Å². The van der Waals surface area contributed by atoms with Crippen molar-refractivity contribution in [2.75, 3.05) is 74.1 Å². The highest BCUT2D eigenvalue weighted by Gasteiger charge is 2.46. The molecule has 0 unspecified atom stereocenters. The van der Waals surface area contributed by atoms with Gasteiger partial charge in [-0.2, -0.15) is 10.4 Å². The quantitative estimate of drug-likeness (QED) is 0.189. The Balaban J connectivity index is 0.732. The second-order valence-corrected chi connectivity index (χ2v) is 17.9. The summed E-state index contributed by atoms with van der Waals surface area (Å²) in [6, 6.07) is 14.4. The number of anilines is 3. The third-order valence-corrected chi connectivity index (χ3v) is 14.1. The van der Waals surface area contributed by atoms with Crippen LogP contribution in [0.25, 0.3) is 27.5 Å². The molecule has 0 bridgehead atoms. The summed E-state index contributed by atoms with van der Waals surface area (Å²) in [5.41, 5.74) is 6.16. The van der Waals surface area contributed by atoms with Crippen LogP contribution >= 0.6 is 11.3 Å². The second kappa shape index (κ2) is 15.9. The molecule has 59 heavy (non-hydrogen) atoms. The van der Waals surface area contributed by atoms with Gasteiger partial charge in [0.1, 0.15) is 11.9 Å². The van der Waals surface area contributed by atoms with Crippen LogP contribution in [-0.2, 0) is 14.3 Å². The van der Waals surface area contributed by atoms with E-state index in [1.807, 2.05) is 47.2 Å². The number of hydrogen-bond acceptors (Lipinski definition) is 14. The van der Waals surface area contributed by atoms with Crippen molar-refractivity contribution in [1.82, 2.24) is 40.0 Å². The predicted molar refractivity (Wildman–Crippen MR) is 224 cm³/mol. The van der Waals surface area contributed by atoms with Crippen LogP contribution in [0.15, 0.2) is 55.0 Å². The molecule has 5 fully saturated rings. The Hall–Kier alpha value is -5.50. The Labute approximate surface area is 346 Å². The maximum Gasteiger partial charge on any atom is 0.234 e. The molecule has 15 nitrogen and oxygen atoms in total. The minimum absolute atomic E-state index is 0.192. The van der Waals surface area contributed by atoms with Gasteiger partial charge >= 0.3 is 0 Å². The first-order valence-corrected chi connectivity index (χ1v) is 21.8. The lowest BCUT2D eigenvalue weighted by Crippen LogP contribution is -2.60. The Morgan fingerprint density at radius 1 is 0.915 bits per heavy atom. The Bertz CT molecular complexity index is 2380. The number of carbonyl (C=O) groups is 2. The van der Waals surface area contributed by atoms with Crippen LogP contribution in [0.5, 0.6) is 0 Å². The molecule has 16 heteroatoms. The zero-order valence-corrected chi connectivity index (χ0v) is 33.9. The standard InChI is InChI=1S/C43H48N12O3S/c44-21-29-19-32-2-4-37(55(32)47-22-29)36-20-35(48-31-9-17-58-18-10-31)34(24-45-36)41-50-51-42(59-41)54-26-43(27-54)11-15-52(16-12-43)25-28-7-13-53(14-8-28)38-5-1-30(23-46-38)33-3-6-39(56)49-40(33)57/h1-2,4-5,19-20,22-24,28,31,33H,3,6-18,25-27H2,(H,45,48)(H,49,56,57)/t33-/m0/s1. The van der Waals surface area contributed by atoms with Gasteiger partial charge in [0.15, 0.2) is 5.01 Å². The summed E-state index contributed by atoms with van der Waals surface area (Å²) in [6.07, 6.45) is 12.8. The molecule has 5 aliphatic heterocycles. The van der Waals surface area contributed by atoms with E-state index in [0.29, 0.717) is 29.7 Å². The molecule has 10 heterocycles. The van der Waals surface area contributed by atoms with Gasteiger partial charge in [-0.05, 0) is 99.8 Å². The van der Waals surface area contributed by atoms with Crippen LogP contribution in [0.4, 0.5) is 16.6 Å². The van der Waals surface area contributed by atoms with Gasteiger partial charge in [0, 0.05) is 81.9 Å². The highest BCUT2D eigenvalue weighted by molar-refractivity contribution is 7.18. The first-order chi connectivity index (χ1) is 28.9. The molecule has 0 radical (unpaired) electrons. The Kier molecular flexibility index (Phi) is 10.2. The third kappa shape index (κ3) is 7.74. The number of carbonyl (C=O) groups excluding carboxylic acids is 2. The molecule has 1 atom stereocenters. The number of imide groups is 1. The van der Waals surface area contributed by atoms with Crippen molar-refractivity contribution in [2.24, 2.45) is 11.3 Å². The SMILES string of the molecule is N#Cc1cnn2c(-c3cc(NC4CCOCC4)c(-c4nnc(N5CC6(CCN(CC7CCN(c8ccc([C@@H]9CCC(=O)NC9=O)cn8)CC7)CC6)C5)s4)cn3)ccc2c1. The van der Waals surface area contributed by atoms with Crippen LogP contribution in [-0.4, -0.2) is 112 Å². The molecule has 5 aliphatic rings. The van der Waals surface area contributed by atoms with E-state index in [-0.39, 0.29) is 23.8 Å². The first kappa shape index (κ1) is 37.7. The van der Waals surface area contributed by atoms with Crippen molar-refractivity contribution in [3.63, 3.8) is 0 Å². The van der Waals surface area contributed by atoms with Gasteiger partial charge in [-0.3, -0.25) is 19.9 Å². The van der Waals surface area contributed by atoms with Crippen molar-refractivity contribution >= 4 is 45.3 Å². The van der Waals surface area contributed by atoms with Gasteiger partial charge in [0.2, 0.25) is 16.9 Å². The number of nitriles is 1. The molecular weight excluding hydrogens is 765 g/mol. The Morgan fingerprint density at radius 2 is 1.75 bits per heavy atom. The number of hydrogen-bond donors (Lipinski definition) is 2. The zero-order chi connectivity index (χ0) is 39.9. The number of fused-ring (bicyclic) bond motifs is 1. The maximum atomic E-state index is 12.3. The summed E-state index contributed by atoms with van der Waals surface area (Å²) in [5.74, 6) is 0.948. The number of rotatable bonds is 9. The number of amides is 2. The van der Waals surface area contributed by atoms with Gasteiger partial charge in [-0.15, -0.1) is 10.2 Å². The maximum absolute atomic E-state index is 12.3. The molecule has 5 saturated heterocycles. The minimum atomic E-state index is -0.297. The number of piperidine rings is 3. The topological polar surface area (TPSA) is 170 Å². The molecular formula is C43H48N12O3S. The number of likely N-dealkylation sites (tertiary alicyclic amines) is 1. The number of ether oxygens (including phenoxy) is 1. The van der Waals surface area contributed by atoms with Crippen molar-refractivity contribution < 1.29 is 14.3 Å². The van der Waals surface area contributed by atoms with Gasteiger partial charge in [0.25, 0.3) is 0 Å². The van der Waals surface area contributed by atoms with Gasteiger partial charge in [-0.25, -0.2) is 9.50 Å². The number of pyridine rings is 2. The van der Waals surface area contributed by atoms with Crippen molar-refractivity contribution in [1.29, 1.82) is 5.26 Å². The summed E-state index contributed by atoms with van der Waals surface area (Å²) < 4.78 is 7.47. The van der Waals surface area contributed by atoms with E-state index < -0.39 is 0 Å². The molecule has 0 saturated carbocycles. The van der Waals surface area contributed by atoms with E-state index in [0.717, 1.165) is 134 Å². The molecule has 304 valence electrons. The van der Waals surface area contributed by atoms with E-state index in [2.05, 4.69) is 42.6 Å². The number of aromatic nitrogens is 6. The van der Waals surface area contributed by atoms with Crippen molar-refractivity contribution in [3.8, 4) is 28.0 Å². The van der Waals surface area contributed by atoms with Crippen molar-refractivity contribution in [2.45, 2.75) is 63.3 Å². The highest BCUT2D eigenvalue weighted by Crippen LogP contribution is 2.45. The molecule has 5 aromatic heterocycles. The summed E-state index contributed by atoms with van der Waals surface area (Å²) in [5, 5.41) is 31.3. The van der Waals surface area contributed by atoms with Gasteiger partial charge in [-0.1, -0.05) is 17.4 Å². The summed E-state index contributed by atoms with van der Waals surface area (Å²) >= 11 is 1.64.